The van der Waals surface area contributed by atoms with Crippen LogP contribution in [-0.2, 0) is 19.7 Å². The van der Waals surface area contributed by atoms with Crippen LogP contribution in [0.25, 0.3) is 0 Å². The van der Waals surface area contributed by atoms with E-state index in [4.69, 9.17) is 18.8 Å². The zero-order chi connectivity index (χ0) is 36.2. The van der Waals surface area contributed by atoms with E-state index in [-0.39, 0.29) is 0 Å². The first-order valence-electron chi connectivity index (χ1n) is 20.4. The molecule has 0 spiro atoms. The van der Waals surface area contributed by atoms with Crippen LogP contribution in [0.3, 0.4) is 0 Å². The van der Waals surface area contributed by atoms with Crippen LogP contribution in [0.4, 0.5) is 0 Å². The predicted octanol–water partition coefficient (Wildman–Crippen LogP) is 13.3. The minimum absolute atomic E-state index is 0.463. The van der Waals surface area contributed by atoms with E-state index in [0.29, 0.717) is 35.8 Å². The first-order chi connectivity index (χ1) is 23.1. The predicted molar refractivity (Wildman–Crippen MR) is 223 cm³/mol. The molecule has 4 fully saturated rings. The molecule has 8 unspecified atom stereocenters. The fraction of sp³-hybridized carbons (Fsp3) is 0.950. The van der Waals surface area contributed by atoms with Crippen molar-refractivity contribution in [3.63, 3.8) is 0 Å². The summed E-state index contributed by atoms with van der Waals surface area (Å²) in [5.41, 5.74) is 2.74. The maximum absolute atomic E-state index is 6.43. The van der Waals surface area contributed by atoms with Gasteiger partial charge >= 0.3 is 39.3 Å². The van der Waals surface area contributed by atoms with E-state index in [9.17, 15) is 0 Å². The quantitative estimate of drug-likeness (QED) is 0.0934. The molecule has 0 aromatic carbocycles. The van der Waals surface area contributed by atoms with Crippen LogP contribution in [0.2, 0.25) is 39.3 Å². The van der Waals surface area contributed by atoms with Gasteiger partial charge in [0.15, 0.2) is 16.6 Å². The zero-order valence-electron chi connectivity index (χ0n) is 33.3. The first kappa shape index (κ1) is 44.5. The standard InChI is InChI=1S/C40H76N2O2Si2.2BrH.Ni/c1-29(2)33-25-23-31-17-11-13-19-35(31)39(33)41-37(21-15-27-43-45(5,6)7)38(22-16-28-44-46(8,9)10)42-40-34(30(3)4)26-24-32-18-12-14-20-36(32)40;;;/h29-36,39-40H,11-28H2,1-10H3;2*1H;/q;;;+2/p-2. The number of fused-ring (bicyclic) bond motifs is 2. The Labute approximate surface area is 326 Å². The summed E-state index contributed by atoms with van der Waals surface area (Å²) in [6, 6.07) is 0.926. The Hall–Kier alpha value is 1.15. The Bertz CT molecular complexity index is 937. The second kappa shape index (κ2) is 21.9. The molecule has 0 aliphatic heterocycles. The molecule has 0 amide bonds. The van der Waals surface area contributed by atoms with Gasteiger partial charge in [0.05, 0.1) is 23.5 Å². The van der Waals surface area contributed by atoms with E-state index in [2.05, 4.69) is 95.4 Å². The van der Waals surface area contributed by atoms with Crippen LogP contribution < -0.4 is 0 Å². The van der Waals surface area contributed by atoms with Crippen molar-refractivity contribution >= 4 is 56.5 Å². The summed E-state index contributed by atoms with van der Waals surface area (Å²) in [7, 11) is -1.85. The van der Waals surface area contributed by atoms with Gasteiger partial charge in [-0.05, 0) is 151 Å². The number of nitrogens with zero attached hydrogens (tertiary/aromatic N) is 2. The van der Waals surface area contributed by atoms with Gasteiger partial charge in [0.1, 0.15) is 0 Å². The number of aliphatic imine (C=N–C) groups is 2. The van der Waals surface area contributed by atoms with Gasteiger partial charge in [-0.1, -0.05) is 66.2 Å². The average molecular weight is 892 g/mol. The fourth-order valence-electron chi connectivity index (χ4n) is 9.88. The molecule has 0 N–H and O–H groups in total. The molecule has 4 aliphatic rings. The molecule has 0 aromatic rings. The molecule has 0 heterocycles. The Morgan fingerprint density at radius 1 is 0.592 bits per heavy atom. The molecule has 4 rings (SSSR count). The van der Waals surface area contributed by atoms with Crippen molar-refractivity contribution in [1.82, 2.24) is 0 Å². The van der Waals surface area contributed by atoms with Gasteiger partial charge in [0, 0.05) is 13.2 Å². The topological polar surface area (TPSA) is 43.2 Å². The van der Waals surface area contributed by atoms with Crippen molar-refractivity contribution in [1.29, 1.82) is 0 Å². The Morgan fingerprint density at radius 3 is 1.27 bits per heavy atom. The van der Waals surface area contributed by atoms with Gasteiger partial charge in [-0.2, -0.15) is 0 Å². The third-order valence-electron chi connectivity index (χ3n) is 12.3. The van der Waals surface area contributed by atoms with Crippen molar-refractivity contribution in [3.8, 4) is 0 Å². The van der Waals surface area contributed by atoms with Crippen molar-refractivity contribution in [2.75, 3.05) is 13.2 Å². The van der Waals surface area contributed by atoms with E-state index in [0.717, 1.165) is 62.6 Å². The van der Waals surface area contributed by atoms with Gasteiger partial charge in [0.2, 0.25) is 0 Å². The van der Waals surface area contributed by atoms with Gasteiger partial charge in [-0.15, -0.1) is 0 Å². The third kappa shape index (κ3) is 15.1. The second-order valence-corrected chi connectivity index (χ2v) is 32.7. The summed E-state index contributed by atoms with van der Waals surface area (Å²) in [5.74, 6) is 6.06. The molecular weight excluding hydrogens is 815 g/mol. The minimum atomic E-state index is -1.55. The normalized spacial score (nSPS) is 31.7. The summed E-state index contributed by atoms with van der Waals surface area (Å²) in [6.07, 6.45) is 21.0. The zero-order valence-corrected chi connectivity index (χ0v) is 39.4. The summed E-state index contributed by atoms with van der Waals surface area (Å²) in [4.78, 5) is 12.1. The number of hydrogen-bond donors (Lipinski definition) is 0. The molecule has 0 aromatic heterocycles. The van der Waals surface area contributed by atoms with Crippen molar-refractivity contribution in [2.45, 2.75) is 182 Å². The Balaban J connectivity index is 0.00000209. The van der Waals surface area contributed by atoms with Gasteiger partial charge in [-0.25, -0.2) is 0 Å². The van der Waals surface area contributed by atoms with Crippen LogP contribution >= 0.6 is 28.5 Å². The molecule has 49 heavy (non-hydrogen) atoms. The van der Waals surface area contributed by atoms with E-state index in [1.54, 1.807) is 0 Å². The van der Waals surface area contributed by atoms with E-state index < -0.39 is 16.6 Å². The molecule has 290 valence electrons. The first-order valence-corrected chi connectivity index (χ1v) is 32.1. The van der Waals surface area contributed by atoms with Gasteiger partial charge in [0.25, 0.3) is 0 Å². The molecule has 9 heteroatoms. The summed E-state index contributed by atoms with van der Waals surface area (Å²) in [6.45, 7) is 25.5. The number of halogens is 2. The van der Waals surface area contributed by atoms with Crippen LogP contribution in [0.5, 0.6) is 0 Å². The second-order valence-electron chi connectivity index (χ2n) is 18.7. The molecule has 4 aliphatic carbocycles. The van der Waals surface area contributed by atoms with Crippen molar-refractivity contribution < 1.29 is 19.7 Å². The van der Waals surface area contributed by atoms with Crippen molar-refractivity contribution in [3.05, 3.63) is 0 Å². The maximum atomic E-state index is 6.43. The third-order valence-corrected chi connectivity index (χ3v) is 14.4. The van der Waals surface area contributed by atoms with E-state index >= 15 is 0 Å². The molecule has 0 bridgehead atoms. The Kier molecular flexibility index (Phi) is 19.9. The summed E-state index contributed by atoms with van der Waals surface area (Å²) in [5, 5.41) is 0. The molecule has 4 nitrogen and oxygen atoms in total. The van der Waals surface area contributed by atoms with E-state index in [1.165, 1.54) is 99.4 Å². The number of rotatable bonds is 15. The average Bonchev–Trinajstić information content (AvgIpc) is 3.03. The molecule has 8 atom stereocenters. The van der Waals surface area contributed by atoms with Crippen LogP contribution in [0.15, 0.2) is 9.98 Å². The van der Waals surface area contributed by atoms with Gasteiger partial charge in [-0.3, -0.25) is 9.98 Å². The van der Waals surface area contributed by atoms with Gasteiger partial charge < -0.3 is 8.85 Å². The molecule has 0 radical (unpaired) electrons. The number of hydrogen-bond acceptors (Lipinski definition) is 4. The summed E-state index contributed by atoms with van der Waals surface area (Å²) >= 11 is 6.00. The molecule has 4 saturated carbocycles. The van der Waals surface area contributed by atoms with Crippen LogP contribution in [-0.4, -0.2) is 53.4 Å². The monoisotopic (exact) mass is 888 g/mol. The fourth-order valence-corrected chi connectivity index (χ4v) is 11.4. The SMILES string of the molecule is CC(C)C1CCC2CCCCC2C1N=C(CCCO[Si](C)(C)C)C(CCCO[Si](C)(C)C)=NC1C(C(C)C)CCC2CCCCC21.[Br][Ni][Br]. The summed E-state index contributed by atoms with van der Waals surface area (Å²) < 4.78 is 12.9. The van der Waals surface area contributed by atoms with Crippen LogP contribution in [0.1, 0.15) is 130 Å². The van der Waals surface area contributed by atoms with E-state index in [1.807, 2.05) is 0 Å². The molecule has 0 saturated heterocycles. The van der Waals surface area contributed by atoms with Crippen molar-refractivity contribution in [2.24, 2.45) is 57.3 Å². The Morgan fingerprint density at radius 2 is 0.939 bits per heavy atom. The van der Waals surface area contributed by atoms with Crippen LogP contribution in [0, 0.1) is 47.3 Å². The molecular formula is C40H76Br2N2NiO2Si2.